The van der Waals surface area contributed by atoms with Gasteiger partial charge >= 0.3 is 0 Å². The molecule has 0 fully saturated rings. The van der Waals surface area contributed by atoms with Crippen molar-refractivity contribution in [2.75, 3.05) is 5.32 Å². The number of hydrogen-bond acceptors (Lipinski definition) is 3. The third kappa shape index (κ3) is 3.54. The zero-order valence-corrected chi connectivity index (χ0v) is 14.9. The smallest absolute Gasteiger partial charge is 0.257 e. The standard InChI is InChI=1S/C20H20N2OS/c1-4-15-7-11-17(12-8-15)19(23)22-20-21-18(14(3)24-20)16-9-5-13(2)6-10-16/h5-12H,4H2,1-3H3,(H,21,22,23). The SMILES string of the molecule is CCc1ccc(C(=O)Nc2nc(-c3ccc(C)cc3)c(C)s2)cc1. The number of carbonyl (C=O) groups is 1. The number of carbonyl (C=O) groups excluding carboxylic acids is 1. The summed E-state index contributed by atoms with van der Waals surface area (Å²) in [5, 5.41) is 3.54. The molecule has 3 nitrogen and oxygen atoms in total. The topological polar surface area (TPSA) is 42.0 Å². The van der Waals surface area contributed by atoms with Crippen LogP contribution in [-0.2, 0) is 6.42 Å². The molecule has 24 heavy (non-hydrogen) atoms. The van der Waals surface area contributed by atoms with Gasteiger partial charge in [0.25, 0.3) is 5.91 Å². The first-order valence-electron chi connectivity index (χ1n) is 8.01. The second-order valence-corrected chi connectivity index (χ2v) is 7.00. The van der Waals surface area contributed by atoms with Crippen molar-refractivity contribution in [2.24, 2.45) is 0 Å². The van der Waals surface area contributed by atoms with Gasteiger partial charge in [0.05, 0.1) is 5.69 Å². The summed E-state index contributed by atoms with van der Waals surface area (Å²) in [7, 11) is 0. The Morgan fingerprint density at radius 2 is 1.71 bits per heavy atom. The van der Waals surface area contributed by atoms with E-state index >= 15 is 0 Å². The molecule has 3 aromatic rings. The first-order valence-corrected chi connectivity index (χ1v) is 8.83. The maximum Gasteiger partial charge on any atom is 0.257 e. The third-order valence-electron chi connectivity index (χ3n) is 3.97. The molecule has 1 heterocycles. The van der Waals surface area contributed by atoms with Crippen LogP contribution in [0.3, 0.4) is 0 Å². The fraction of sp³-hybridized carbons (Fsp3) is 0.200. The van der Waals surface area contributed by atoms with Crippen LogP contribution in [0.1, 0.15) is 33.3 Å². The Balaban J connectivity index is 1.79. The molecule has 3 rings (SSSR count). The number of nitrogens with one attached hydrogen (secondary N) is 1. The Kier molecular flexibility index (Phi) is 4.76. The molecule has 1 amide bonds. The average molecular weight is 336 g/mol. The highest BCUT2D eigenvalue weighted by Gasteiger charge is 2.13. The van der Waals surface area contributed by atoms with E-state index in [1.54, 1.807) is 0 Å². The molecule has 0 aliphatic carbocycles. The summed E-state index contributed by atoms with van der Waals surface area (Å²) in [5.41, 5.74) is 5.09. The van der Waals surface area contributed by atoms with Gasteiger partial charge in [0, 0.05) is 16.0 Å². The van der Waals surface area contributed by atoms with Crippen LogP contribution in [0.2, 0.25) is 0 Å². The van der Waals surface area contributed by atoms with Crippen molar-refractivity contribution in [1.82, 2.24) is 4.98 Å². The largest absolute Gasteiger partial charge is 0.298 e. The highest BCUT2D eigenvalue weighted by atomic mass is 32.1. The van der Waals surface area contributed by atoms with E-state index in [-0.39, 0.29) is 5.91 Å². The number of thiazole rings is 1. The van der Waals surface area contributed by atoms with Gasteiger partial charge < -0.3 is 0 Å². The van der Waals surface area contributed by atoms with Gasteiger partial charge in [-0.3, -0.25) is 10.1 Å². The van der Waals surface area contributed by atoms with E-state index < -0.39 is 0 Å². The van der Waals surface area contributed by atoms with Crippen LogP contribution in [0, 0.1) is 13.8 Å². The lowest BCUT2D eigenvalue weighted by molar-refractivity contribution is 0.102. The van der Waals surface area contributed by atoms with Crippen LogP contribution in [0.5, 0.6) is 0 Å². The van der Waals surface area contributed by atoms with Crippen molar-refractivity contribution in [3.63, 3.8) is 0 Å². The van der Waals surface area contributed by atoms with Gasteiger partial charge in [-0.1, -0.05) is 48.9 Å². The van der Waals surface area contributed by atoms with Gasteiger partial charge in [-0.15, -0.1) is 11.3 Å². The molecule has 0 aliphatic rings. The average Bonchev–Trinajstić information content (AvgIpc) is 2.96. The summed E-state index contributed by atoms with van der Waals surface area (Å²) < 4.78 is 0. The fourth-order valence-corrected chi connectivity index (χ4v) is 3.32. The molecule has 4 heteroatoms. The van der Waals surface area contributed by atoms with Crippen LogP contribution in [0.4, 0.5) is 5.13 Å². The second-order valence-electron chi connectivity index (χ2n) is 5.79. The summed E-state index contributed by atoms with van der Waals surface area (Å²) in [4.78, 5) is 18.1. The van der Waals surface area contributed by atoms with E-state index in [0.717, 1.165) is 22.6 Å². The van der Waals surface area contributed by atoms with E-state index in [9.17, 15) is 4.79 Å². The van der Waals surface area contributed by atoms with E-state index in [4.69, 9.17) is 0 Å². The molecular weight excluding hydrogens is 316 g/mol. The number of benzene rings is 2. The summed E-state index contributed by atoms with van der Waals surface area (Å²) in [6.07, 6.45) is 0.966. The van der Waals surface area contributed by atoms with Gasteiger partial charge in [-0.05, 0) is 38.0 Å². The molecule has 0 saturated heterocycles. The summed E-state index contributed by atoms with van der Waals surface area (Å²) in [6, 6.07) is 16.0. The molecule has 0 spiro atoms. The van der Waals surface area contributed by atoms with E-state index in [1.165, 1.54) is 22.5 Å². The van der Waals surface area contributed by atoms with Crippen LogP contribution in [0.15, 0.2) is 48.5 Å². The van der Waals surface area contributed by atoms with Crippen molar-refractivity contribution < 1.29 is 4.79 Å². The summed E-state index contributed by atoms with van der Waals surface area (Å²) >= 11 is 1.50. The molecule has 1 N–H and O–H groups in total. The lowest BCUT2D eigenvalue weighted by Gasteiger charge is -2.03. The molecule has 122 valence electrons. The molecule has 1 aromatic heterocycles. The predicted octanol–water partition coefficient (Wildman–Crippen LogP) is 5.24. The normalized spacial score (nSPS) is 10.6. The molecule has 0 saturated carbocycles. The van der Waals surface area contributed by atoms with Crippen molar-refractivity contribution in [2.45, 2.75) is 27.2 Å². The highest BCUT2D eigenvalue weighted by Crippen LogP contribution is 2.30. The Morgan fingerprint density at radius 1 is 1.04 bits per heavy atom. The minimum atomic E-state index is -0.123. The first-order chi connectivity index (χ1) is 11.6. The molecule has 2 aromatic carbocycles. The number of hydrogen-bond donors (Lipinski definition) is 1. The molecule has 0 atom stereocenters. The number of aryl methyl sites for hydroxylation is 3. The third-order valence-corrected chi connectivity index (χ3v) is 4.85. The molecule has 0 bridgehead atoms. The maximum atomic E-state index is 12.4. The van der Waals surface area contributed by atoms with Gasteiger partial charge in [-0.2, -0.15) is 0 Å². The van der Waals surface area contributed by atoms with E-state index in [0.29, 0.717) is 10.7 Å². The van der Waals surface area contributed by atoms with Crippen molar-refractivity contribution in [3.8, 4) is 11.3 Å². The van der Waals surface area contributed by atoms with Crippen molar-refractivity contribution in [1.29, 1.82) is 0 Å². The number of aromatic nitrogens is 1. The summed E-state index contributed by atoms with van der Waals surface area (Å²) in [6.45, 7) is 6.19. The quantitative estimate of drug-likeness (QED) is 0.708. The molecular formula is C20H20N2OS. The lowest BCUT2D eigenvalue weighted by atomic mass is 10.1. The van der Waals surface area contributed by atoms with Crippen LogP contribution in [-0.4, -0.2) is 10.9 Å². The maximum absolute atomic E-state index is 12.4. The number of amides is 1. The van der Waals surface area contributed by atoms with Gasteiger partial charge in [-0.25, -0.2) is 4.98 Å². The highest BCUT2D eigenvalue weighted by molar-refractivity contribution is 7.16. The Labute approximate surface area is 146 Å². The second kappa shape index (κ2) is 6.97. The molecule has 0 radical (unpaired) electrons. The lowest BCUT2D eigenvalue weighted by Crippen LogP contribution is -2.11. The molecule has 0 aliphatic heterocycles. The zero-order valence-electron chi connectivity index (χ0n) is 14.1. The van der Waals surface area contributed by atoms with Crippen molar-refractivity contribution in [3.05, 3.63) is 70.1 Å². The van der Waals surface area contributed by atoms with Crippen molar-refractivity contribution >= 4 is 22.4 Å². The number of rotatable bonds is 4. The van der Waals surface area contributed by atoms with Gasteiger partial charge in [0.1, 0.15) is 0 Å². The fourth-order valence-electron chi connectivity index (χ4n) is 2.49. The predicted molar refractivity (Wildman–Crippen MR) is 101 cm³/mol. The van der Waals surface area contributed by atoms with E-state index in [2.05, 4.69) is 48.4 Å². The Morgan fingerprint density at radius 3 is 2.33 bits per heavy atom. The van der Waals surface area contributed by atoms with Crippen LogP contribution < -0.4 is 5.32 Å². The first kappa shape index (κ1) is 16.4. The number of anilines is 1. The van der Waals surface area contributed by atoms with E-state index in [1.807, 2.05) is 31.2 Å². The minimum Gasteiger partial charge on any atom is -0.298 e. The van der Waals surface area contributed by atoms with Crippen LogP contribution in [0.25, 0.3) is 11.3 Å². The Bertz CT molecular complexity index is 848. The van der Waals surface area contributed by atoms with Gasteiger partial charge in [0.15, 0.2) is 5.13 Å². The monoisotopic (exact) mass is 336 g/mol. The summed E-state index contributed by atoms with van der Waals surface area (Å²) in [5.74, 6) is -0.123. The molecule has 0 unspecified atom stereocenters. The van der Waals surface area contributed by atoms with Gasteiger partial charge in [0.2, 0.25) is 0 Å². The Hall–Kier alpha value is -2.46. The zero-order chi connectivity index (χ0) is 17.1. The number of nitrogens with zero attached hydrogens (tertiary/aromatic N) is 1. The minimum absolute atomic E-state index is 0.123. The van der Waals surface area contributed by atoms with Crippen LogP contribution >= 0.6 is 11.3 Å².